The Hall–Kier alpha value is -2.45. The van der Waals surface area contributed by atoms with Crippen LogP contribution in [0.1, 0.15) is 44.6 Å². The van der Waals surface area contributed by atoms with Crippen LogP contribution in [0.2, 0.25) is 0 Å². The van der Waals surface area contributed by atoms with Crippen molar-refractivity contribution >= 4 is 39.6 Å². The fourth-order valence-corrected chi connectivity index (χ4v) is 4.94. The second kappa shape index (κ2) is 7.05. The maximum absolute atomic E-state index is 12.6. The van der Waals surface area contributed by atoms with E-state index in [1.165, 1.54) is 22.7 Å². The second-order valence-electron chi connectivity index (χ2n) is 5.79. The number of fused-ring (bicyclic) bond motifs is 1. The van der Waals surface area contributed by atoms with Gasteiger partial charge in [0.1, 0.15) is 5.00 Å². The Labute approximate surface area is 157 Å². The number of amides is 1. The van der Waals surface area contributed by atoms with Gasteiger partial charge in [-0.05, 0) is 43.2 Å². The molecule has 0 radical (unpaired) electrons. The van der Waals surface area contributed by atoms with Crippen LogP contribution in [0.25, 0.3) is 10.6 Å². The van der Waals surface area contributed by atoms with Crippen LogP contribution in [0, 0.1) is 0 Å². The van der Waals surface area contributed by atoms with E-state index >= 15 is 0 Å². The van der Waals surface area contributed by atoms with Gasteiger partial charge in [0.15, 0.2) is 11.5 Å². The Morgan fingerprint density at radius 1 is 1.38 bits per heavy atom. The minimum Gasteiger partial charge on any atom is -0.462 e. The Balaban J connectivity index is 1.59. The molecule has 4 rings (SSSR count). The van der Waals surface area contributed by atoms with Crippen LogP contribution in [-0.4, -0.2) is 23.6 Å². The van der Waals surface area contributed by atoms with Crippen molar-refractivity contribution in [3.05, 3.63) is 45.3 Å². The van der Waals surface area contributed by atoms with Crippen LogP contribution in [0.4, 0.5) is 5.00 Å². The lowest BCUT2D eigenvalue weighted by Gasteiger charge is -2.06. The van der Waals surface area contributed by atoms with E-state index in [4.69, 9.17) is 9.26 Å². The lowest BCUT2D eigenvalue weighted by Crippen LogP contribution is -2.15. The molecule has 0 saturated carbocycles. The zero-order valence-electron chi connectivity index (χ0n) is 14.0. The minimum absolute atomic E-state index is 0.178. The van der Waals surface area contributed by atoms with Crippen molar-refractivity contribution < 1.29 is 18.8 Å². The van der Waals surface area contributed by atoms with Gasteiger partial charge in [0, 0.05) is 10.9 Å². The first-order chi connectivity index (χ1) is 12.7. The number of thiophene rings is 2. The van der Waals surface area contributed by atoms with E-state index in [0.717, 1.165) is 34.6 Å². The fraction of sp³-hybridized carbons (Fsp3) is 0.278. The number of aromatic nitrogens is 1. The minimum atomic E-state index is -0.401. The predicted molar refractivity (Wildman–Crippen MR) is 100 cm³/mol. The molecule has 6 nitrogen and oxygen atoms in total. The molecule has 0 fully saturated rings. The largest absolute Gasteiger partial charge is 0.462 e. The molecule has 134 valence electrons. The molecule has 26 heavy (non-hydrogen) atoms. The topological polar surface area (TPSA) is 81.4 Å². The van der Waals surface area contributed by atoms with Crippen LogP contribution >= 0.6 is 22.7 Å². The molecule has 3 aromatic rings. The highest BCUT2D eigenvalue weighted by Crippen LogP contribution is 2.39. The fourth-order valence-electron chi connectivity index (χ4n) is 3.00. The molecule has 1 N–H and O–H groups in total. The number of nitrogens with zero attached hydrogens (tertiary/aromatic N) is 1. The van der Waals surface area contributed by atoms with Gasteiger partial charge in [0.25, 0.3) is 5.91 Å². The number of esters is 1. The summed E-state index contributed by atoms with van der Waals surface area (Å²) in [6, 6.07) is 5.41. The van der Waals surface area contributed by atoms with Gasteiger partial charge < -0.3 is 14.6 Å². The summed E-state index contributed by atoms with van der Waals surface area (Å²) in [5, 5.41) is 9.12. The summed E-state index contributed by atoms with van der Waals surface area (Å²) in [4.78, 5) is 27.0. The Morgan fingerprint density at radius 2 is 2.27 bits per heavy atom. The first-order valence-electron chi connectivity index (χ1n) is 8.31. The number of rotatable bonds is 5. The van der Waals surface area contributed by atoms with Gasteiger partial charge in [-0.2, -0.15) is 0 Å². The first kappa shape index (κ1) is 17.0. The highest BCUT2D eigenvalue weighted by Gasteiger charge is 2.29. The van der Waals surface area contributed by atoms with Crippen LogP contribution in [0.15, 0.2) is 28.1 Å². The molecular weight excluding hydrogens is 372 g/mol. The first-order valence-corrected chi connectivity index (χ1v) is 10.0. The lowest BCUT2D eigenvalue weighted by atomic mass is 10.1. The monoisotopic (exact) mass is 388 g/mol. The maximum atomic E-state index is 12.6. The van der Waals surface area contributed by atoms with E-state index in [0.29, 0.717) is 22.9 Å². The molecule has 3 heterocycles. The third kappa shape index (κ3) is 3.06. The molecule has 0 aromatic carbocycles. The average molecular weight is 388 g/mol. The van der Waals surface area contributed by atoms with Gasteiger partial charge in [-0.3, -0.25) is 4.79 Å². The molecule has 0 bridgehead atoms. The van der Waals surface area contributed by atoms with E-state index in [9.17, 15) is 9.59 Å². The van der Waals surface area contributed by atoms with E-state index in [1.54, 1.807) is 13.0 Å². The van der Waals surface area contributed by atoms with Gasteiger partial charge in [-0.25, -0.2) is 4.79 Å². The predicted octanol–water partition coefficient (Wildman–Crippen LogP) is 4.38. The molecule has 1 amide bonds. The second-order valence-corrected chi connectivity index (χ2v) is 7.84. The number of carbonyl (C=O) groups excluding carboxylic acids is 2. The molecule has 3 aromatic heterocycles. The Morgan fingerprint density at radius 3 is 3.04 bits per heavy atom. The van der Waals surface area contributed by atoms with E-state index in [1.807, 2.05) is 17.5 Å². The molecule has 0 saturated heterocycles. The van der Waals surface area contributed by atoms with Crippen molar-refractivity contribution in [2.24, 2.45) is 0 Å². The summed E-state index contributed by atoms with van der Waals surface area (Å²) in [5.41, 5.74) is 1.67. The normalized spacial score (nSPS) is 12.8. The number of hydrogen-bond donors (Lipinski definition) is 1. The molecule has 1 aliphatic rings. The van der Waals surface area contributed by atoms with Gasteiger partial charge in [0.2, 0.25) is 0 Å². The molecule has 0 aliphatic heterocycles. The molecule has 0 spiro atoms. The third-order valence-electron chi connectivity index (χ3n) is 4.13. The molecule has 0 unspecified atom stereocenters. The number of ether oxygens (including phenoxy) is 1. The Bertz CT molecular complexity index is 956. The number of nitrogens with one attached hydrogen (secondary N) is 1. The lowest BCUT2D eigenvalue weighted by molar-refractivity contribution is 0.0527. The molecule has 0 atom stereocenters. The van der Waals surface area contributed by atoms with Crippen molar-refractivity contribution in [3.8, 4) is 10.6 Å². The molecule has 1 aliphatic carbocycles. The average Bonchev–Trinajstić information content (AvgIpc) is 3.37. The zero-order chi connectivity index (χ0) is 18.1. The van der Waals surface area contributed by atoms with Gasteiger partial charge >= 0.3 is 5.97 Å². The van der Waals surface area contributed by atoms with Crippen molar-refractivity contribution in [2.45, 2.75) is 26.2 Å². The van der Waals surface area contributed by atoms with Crippen molar-refractivity contribution in [1.82, 2.24) is 5.16 Å². The summed E-state index contributed by atoms with van der Waals surface area (Å²) in [5.74, 6) is -0.243. The number of carbonyl (C=O) groups is 2. The van der Waals surface area contributed by atoms with Crippen LogP contribution in [0.3, 0.4) is 0 Å². The van der Waals surface area contributed by atoms with Crippen molar-refractivity contribution in [1.29, 1.82) is 0 Å². The van der Waals surface area contributed by atoms with Gasteiger partial charge in [0.05, 0.1) is 17.0 Å². The number of anilines is 1. The van der Waals surface area contributed by atoms with E-state index in [-0.39, 0.29) is 11.7 Å². The van der Waals surface area contributed by atoms with Crippen LogP contribution < -0.4 is 5.32 Å². The Kier molecular flexibility index (Phi) is 4.60. The van der Waals surface area contributed by atoms with Gasteiger partial charge in [-0.1, -0.05) is 11.2 Å². The SMILES string of the molecule is CCOC(=O)c1c(NC(=O)c2cc(-c3cccs3)on2)sc2c1CCC2. The standard InChI is InChI=1S/C18H16N2O4S2/c1-2-23-18(22)15-10-5-3-6-13(10)26-17(15)19-16(21)11-9-12(24-20-11)14-7-4-8-25-14/h4,7-9H,2-3,5-6H2,1H3,(H,19,21). The van der Waals surface area contributed by atoms with Crippen molar-refractivity contribution in [3.63, 3.8) is 0 Å². The maximum Gasteiger partial charge on any atom is 0.341 e. The highest BCUT2D eigenvalue weighted by molar-refractivity contribution is 7.17. The molecule has 8 heteroatoms. The van der Waals surface area contributed by atoms with E-state index in [2.05, 4.69) is 10.5 Å². The molecular formula is C18H16N2O4S2. The quantitative estimate of drug-likeness (QED) is 0.656. The number of hydrogen-bond acceptors (Lipinski definition) is 7. The zero-order valence-corrected chi connectivity index (χ0v) is 15.7. The summed E-state index contributed by atoms with van der Waals surface area (Å²) >= 11 is 2.95. The summed E-state index contributed by atoms with van der Waals surface area (Å²) in [7, 11) is 0. The third-order valence-corrected chi connectivity index (χ3v) is 6.23. The summed E-state index contributed by atoms with van der Waals surface area (Å²) < 4.78 is 10.4. The smallest absolute Gasteiger partial charge is 0.341 e. The summed E-state index contributed by atoms with van der Waals surface area (Å²) in [6.45, 7) is 2.06. The van der Waals surface area contributed by atoms with E-state index < -0.39 is 5.91 Å². The van der Waals surface area contributed by atoms with Crippen molar-refractivity contribution in [2.75, 3.05) is 11.9 Å². The van der Waals surface area contributed by atoms with Gasteiger partial charge in [-0.15, -0.1) is 22.7 Å². The van der Waals surface area contributed by atoms with Crippen LogP contribution in [0.5, 0.6) is 0 Å². The van der Waals surface area contributed by atoms with Crippen LogP contribution in [-0.2, 0) is 17.6 Å². The number of aryl methyl sites for hydroxylation is 1. The highest BCUT2D eigenvalue weighted by atomic mass is 32.1. The summed E-state index contributed by atoms with van der Waals surface area (Å²) in [6.07, 6.45) is 2.78.